The standard InChI is InChI=1S/C16H15F3N2O2.C15H12F3NO/c1-15(22-7-8-23-15)14-6-5-13(10-20-14)21-12-4-2-3-11(9-12)16(17,18)19;1-10(20)14-6-5-12(9-19-14)7-11-3-2-4-13(8-11)15(16,17)18/h2-6,9-10,21H,7-8H2,1H3;2-6,8-9H,7H2,1H3. The number of halogens is 6. The highest BCUT2D eigenvalue weighted by atomic mass is 19.4. The normalized spacial score (nSPS) is 14.5. The molecule has 1 saturated heterocycles. The third-order valence-electron chi connectivity index (χ3n) is 6.39. The van der Waals surface area contributed by atoms with Crippen molar-refractivity contribution in [3.8, 4) is 0 Å². The lowest BCUT2D eigenvalue weighted by Crippen LogP contribution is -2.23. The number of pyridine rings is 2. The van der Waals surface area contributed by atoms with Crippen molar-refractivity contribution in [3.05, 3.63) is 119 Å². The van der Waals surface area contributed by atoms with E-state index in [4.69, 9.17) is 9.47 Å². The van der Waals surface area contributed by atoms with Crippen molar-refractivity contribution in [1.29, 1.82) is 0 Å². The molecule has 2 aromatic carbocycles. The van der Waals surface area contributed by atoms with Gasteiger partial charge in [0.2, 0.25) is 5.79 Å². The van der Waals surface area contributed by atoms with Crippen LogP contribution in [0.5, 0.6) is 0 Å². The lowest BCUT2D eigenvalue weighted by atomic mass is 10.0. The Morgan fingerprint density at radius 2 is 1.44 bits per heavy atom. The second-order valence-electron chi connectivity index (χ2n) is 9.76. The first-order chi connectivity index (χ1) is 20.2. The topological polar surface area (TPSA) is 73.3 Å². The van der Waals surface area contributed by atoms with Crippen LogP contribution in [-0.4, -0.2) is 29.0 Å². The van der Waals surface area contributed by atoms with Crippen LogP contribution in [0.3, 0.4) is 0 Å². The Balaban J connectivity index is 0.000000199. The largest absolute Gasteiger partial charge is 0.416 e. The number of nitrogens with one attached hydrogen (secondary N) is 1. The zero-order valence-electron chi connectivity index (χ0n) is 23.1. The third kappa shape index (κ3) is 8.62. The van der Waals surface area contributed by atoms with E-state index in [-0.39, 0.29) is 5.78 Å². The molecule has 5 rings (SSSR count). The van der Waals surface area contributed by atoms with Crippen LogP contribution in [0.15, 0.2) is 85.2 Å². The molecule has 1 N–H and O–H groups in total. The predicted octanol–water partition coefficient (Wildman–Crippen LogP) is 7.96. The number of carbonyl (C=O) groups is 1. The molecule has 43 heavy (non-hydrogen) atoms. The summed E-state index contributed by atoms with van der Waals surface area (Å²) in [4.78, 5) is 19.3. The van der Waals surface area contributed by atoms with E-state index >= 15 is 0 Å². The van der Waals surface area contributed by atoms with Crippen molar-refractivity contribution < 1.29 is 40.6 Å². The first-order valence-corrected chi connectivity index (χ1v) is 13.0. The van der Waals surface area contributed by atoms with Gasteiger partial charge in [-0.3, -0.25) is 14.8 Å². The monoisotopic (exact) mass is 603 g/mol. The highest BCUT2D eigenvalue weighted by molar-refractivity contribution is 5.91. The number of rotatable bonds is 6. The van der Waals surface area contributed by atoms with Crippen LogP contribution < -0.4 is 5.32 Å². The van der Waals surface area contributed by atoms with Crippen LogP contribution in [0.25, 0.3) is 0 Å². The van der Waals surface area contributed by atoms with E-state index in [1.807, 2.05) is 0 Å². The number of aromatic nitrogens is 2. The lowest BCUT2D eigenvalue weighted by Gasteiger charge is -2.21. The molecule has 2 aromatic heterocycles. The van der Waals surface area contributed by atoms with E-state index in [2.05, 4.69) is 15.3 Å². The van der Waals surface area contributed by atoms with Crippen molar-refractivity contribution in [2.24, 2.45) is 0 Å². The lowest BCUT2D eigenvalue weighted by molar-refractivity contribution is -0.152. The molecule has 0 saturated carbocycles. The molecule has 0 amide bonds. The van der Waals surface area contributed by atoms with Crippen LogP contribution in [0.2, 0.25) is 0 Å². The fourth-order valence-electron chi connectivity index (χ4n) is 4.17. The molecule has 0 spiro atoms. The number of ether oxygens (including phenoxy) is 2. The van der Waals surface area contributed by atoms with Gasteiger partial charge in [0, 0.05) is 18.8 Å². The molecule has 0 radical (unpaired) electrons. The van der Waals surface area contributed by atoms with Gasteiger partial charge in [-0.05, 0) is 66.9 Å². The summed E-state index contributed by atoms with van der Waals surface area (Å²) in [7, 11) is 0. The smallest absolute Gasteiger partial charge is 0.354 e. The van der Waals surface area contributed by atoms with Crippen molar-refractivity contribution in [1.82, 2.24) is 9.97 Å². The Hall–Kier alpha value is -4.29. The minimum atomic E-state index is -4.37. The molecule has 0 aliphatic carbocycles. The second kappa shape index (κ2) is 12.9. The van der Waals surface area contributed by atoms with Gasteiger partial charge in [0.1, 0.15) is 5.69 Å². The summed E-state index contributed by atoms with van der Waals surface area (Å²) in [5.74, 6) is -1.01. The summed E-state index contributed by atoms with van der Waals surface area (Å²) in [6, 6.07) is 16.9. The first kappa shape index (κ1) is 31.6. The van der Waals surface area contributed by atoms with E-state index in [0.29, 0.717) is 48.0 Å². The van der Waals surface area contributed by atoms with Crippen LogP contribution in [0.1, 0.15) is 52.3 Å². The Morgan fingerprint density at radius 1 is 0.791 bits per heavy atom. The fourth-order valence-corrected chi connectivity index (χ4v) is 4.17. The number of ketones is 1. The summed E-state index contributed by atoms with van der Waals surface area (Å²) in [5.41, 5.74) is 1.83. The van der Waals surface area contributed by atoms with E-state index in [1.54, 1.807) is 43.3 Å². The minimum Gasteiger partial charge on any atom is -0.354 e. The number of carbonyl (C=O) groups excluding carboxylic acids is 1. The maximum absolute atomic E-state index is 12.7. The zero-order valence-corrected chi connectivity index (χ0v) is 23.1. The van der Waals surface area contributed by atoms with Crippen LogP contribution >= 0.6 is 0 Å². The number of alkyl halides is 6. The molecule has 3 heterocycles. The average molecular weight is 604 g/mol. The predicted molar refractivity (Wildman–Crippen MR) is 147 cm³/mol. The summed E-state index contributed by atoms with van der Waals surface area (Å²) in [6.45, 7) is 4.20. The summed E-state index contributed by atoms with van der Waals surface area (Å²) in [5, 5.41) is 2.90. The fraction of sp³-hybridized carbons (Fsp3) is 0.258. The summed E-state index contributed by atoms with van der Waals surface area (Å²) >= 11 is 0. The molecule has 0 bridgehead atoms. The molecule has 4 aromatic rings. The van der Waals surface area contributed by atoms with Gasteiger partial charge < -0.3 is 14.8 Å². The molecule has 6 nitrogen and oxygen atoms in total. The molecular formula is C31H27F6N3O3. The van der Waals surface area contributed by atoms with Gasteiger partial charge in [-0.1, -0.05) is 30.3 Å². The Labute approximate surface area is 243 Å². The summed E-state index contributed by atoms with van der Waals surface area (Å²) in [6.07, 6.45) is -5.32. The quantitative estimate of drug-likeness (QED) is 0.178. The molecular weight excluding hydrogens is 576 g/mol. The number of benzene rings is 2. The number of anilines is 2. The third-order valence-corrected chi connectivity index (χ3v) is 6.39. The van der Waals surface area contributed by atoms with Crippen LogP contribution in [0.4, 0.5) is 37.7 Å². The number of hydrogen-bond acceptors (Lipinski definition) is 6. The highest BCUT2D eigenvalue weighted by Crippen LogP contribution is 2.33. The second-order valence-corrected chi connectivity index (χ2v) is 9.76. The molecule has 1 aliphatic heterocycles. The Bertz CT molecular complexity index is 1530. The van der Waals surface area contributed by atoms with Gasteiger partial charge in [-0.15, -0.1) is 0 Å². The molecule has 12 heteroatoms. The van der Waals surface area contributed by atoms with E-state index in [1.165, 1.54) is 31.5 Å². The van der Waals surface area contributed by atoms with Crippen molar-refractivity contribution in [2.75, 3.05) is 18.5 Å². The van der Waals surface area contributed by atoms with Gasteiger partial charge in [0.05, 0.1) is 41.9 Å². The van der Waals surface area contributed by atoms with E-state index in [9.17, 15) is 31.1 Å². The first-order valence-electron chi connectivity index (χ1n) is 13.0. The molecule has 226 valence electrons. The highest BCUT2D eigenvalue weighted by Gasteiger charge is 2.34. The van der Waals surface area contributed by atoms with Gasteiger partial charge in [-0.25, -0.2) is 0 Å². The molecule has 0 unspecified atom stereocenters. The van der Waals surface area contributed by atoms with E-state index in [0.717, 1.165) is 29.8 Å². The van der Waals surface area contributed by atoms with Crippen molar-refractivity contribution >= 4 is 17.2 Å². The minimum absolute atomic E-state index is 0.143. The van der Waals surface area contributed by atoms with Crippen LogP contribution in [-0.2, 0) is 34.0 Å². The SMILES string of the molecule is CC(=O)c1ccc(Cc2cccc(C(F)(F)F)c2)cn1.CC1(c2ccc(Nc3cccc(C(F)(F)F)c3)cn2)OCCO1. The van der Waals surface area contributed by atoms with Crippen LogP contribution in [0, 0.1) is 0 Å². The maximum atomic E-state index is 12.7. The summed E-state index contributed by atoms with van der Waals surface area (Å²) < 4.78 is 86.9. The van der Waals surface area contributed by atoms with Gasteiger partial charge in [0.15, 0.2) is 5.78 Å². The molecule has 1 aliphatic rings. The number of hydrogen-bond donors (Lipinski definition) is 1. The average Bonchev–Trinajstić information content (AvgIpc) is 3.41. The zero-order chi connectivity index (χ0) is 31.3. The van der Waals surface area contributed by atoms with Crippen molar-refractivity contribution in [2.45, 2.75) is 38.4 Å². The van der Waals surface area contributed by atoms with Gasteiger partial charge in [0.25, 0.3) is 0 Å². The van der Waals surface area contributed by atoms with Crippen molar-refractivity contribution in [3.63, 3.8) is 0 Å². The van der Waals surface area contributed by atoms with Gasteiger partial charge >= 0.3 is 12.4 Å². The Kier molecular flexibility index (Phi) is 9.51. The van der Waals surface area contributed by atoms with E-state index < -0.39 is 29.3 Å². The number of nitrogens with zero attached hydrogens (tertiary/aromatic N) is 2. The van der Waals surface area contributed by atoms with Gasteiger partial charge in [-0.2, -0.15) is 26.3 Å². The maximum Gasteiger partial charge on any atom is 0.416 e. The Morgan fingerprint density at radius 3 is 2.00 bits per heavy atom. The molecule has 1 fully saturated rings. The molecule has 0 atom stereocenters. The number of Topliss-reactive ketones (excluding diaryl/α,β-unsaturated/α-hetero) is 1.